The minimum atomic E-state index is -0.165. The van der Waals surface area contributed by atoms with Crippen LogP contribution in [0.25, 0.3) is 0 Å². The van der Waals surface area contributed by atoms with Gasteiger partial charge >= 0.3 is 0 Å². The first kappa shape index (κ1) is 19.2. The monoisotopic (exact) mass is 348 g/mol. The number of carbonyl (C=O) groups is 2. The zero-order chi connectivity index (χ0) is 17.4. The average Bonchev–Trinajstić information content (AvgIpc) is 3.22. The maximum atomic E-state index is 11.9. The average molecular weight is 349 g/mol. The molecule has 1 aromatic carbocycles. The molecule has 0 N–H and O–H groups in total. The maximum absolute atomic E-state index is 11.9. The smallest absolute Gasteiger partial charge is 0.221 e. The molecule has 2 aliphatic carbocycles. The van der Waals surface area contributed by atoms with Crippen LogP contribution < -0.4 is 0 Å². The van der Waals surface area contributed by atoms with Crippen molar-refractivity contribution >= 4 is 22.6 Å². The highest BCUT2D eigenvalue weighted by Crippen LogP contribution is 2.29. The number of hydrogen-bond acceptors (Lipinski definition) is 2. The fraction of sp³-hybridized carbons (Fsp3) is 0.619. The summed E-state index contributed by atoms with van der Waals surface area (Å²) in [5.74, 6) is 1.58. The molecule has 0 saturated heterocycles. The summed E-state index contributed by atoms with van der Waals surface area (Å²) in [5.41, 5.74) is 2.10. The number of carbonyl (C=O) groups excluding carboxylic acids is 2. The summed E-state index contributed by atoms with van der Waals surface area (Å²) in [6.07, 6.45) is 11.5. The second-order valence-corrected chi connectivity index (χ2v) is 7.78. The van der Waals surface area contributed by atoms with E-state index in [1.54, 1.807) is 0 Å². The molecule has 2 fully saturated rings. The Labute approximate surface area is 151 Å². The topological polar surface area (TPSA) is 34.1 Å². The van der Waals surface area contributed by atoms with Crippen molar-refractivity contribution in [2.75, 3.05) is 0 Å². The first-order valence-electron chi connectivity index (χ1n) is 9.33. The first-order valence-corrected chi connectivity index (χ1v) is 9.70. The van der Waals surface area contributed by atoms with Crippen LogP contribution in [0.5, 0.6) is 0 Å². The number of Topliss-reactive ketones (excluding diaryl/α,β-unsaturated/α-hetero) is 1. The number of ketones is 1. The van der Waals surface area contributed by atoms with Gasteiger partial charge in [-0.05, 0) is 43.2 Å². The maximum Gasteiger partial charge on any atom is 0.221 e. The summed E-state index contributed by atoms with van der Waals surface area (Å²) in [6, 6.07) is 7.93. The zero-order valence-corrected chi connectivity index (χ0v) is 15.5. The van der Waals surface area contributed by atoms with Gasteiger partial charge in [-0.15, -0.1) is 0 Å². The summed E-state index contributed by atoms with van der Waals surface area (Å²) in [5, 5.41) is -0.165. The van der Waals surface area contributed by atoms with Crippen LogP contribution >= 0.6 is 11.6 Å². The third-order valence-electron chi connectivity index (χ3n) is 5.25. The molecule has 0 unspecified atom stereocenters. The molecule has 0 amide bonds. The lowest BCUT2D eigenvalue weighted by Crippen LogP contribution is -2.05. The Morgan fingerprint density at radius 3 is 1.79 bits per heavy atom. The van der Waals surface area contributed by atoms with Crippen molar-refractivity contribution in [2.24, 2.45) is 11.8 Å². The van der Waals surface area contributed by atoms with E-state index in [1.165, 1.54) is 56.9 Å². The van der Waals surface area contributed by atoms with Crippen molar-refractivity contribution in [3.05, 3.63) is 35.4 Å². The van der Waals surface area contributed by atoms with Gasteiger partial charge in [0.2, 0.25) is 5.24 Å². The highest BCUT2D eigenvalue weighted by molar-refractivity contribution is 6.63. The third kappa shape index (κ3) is 6.76. The van der Waals surface area contributed by atoms with Gasteiger partial charge in [0.1, 0.15) is 0 Å². The molecule has 0 radical (unpaired) electrons. The van der Waals surface area contributed by atoms with E-state index in [1.807, 2.05) is 31.2 Å². The molecule has 0 bridgehead atoms. The second-order valence-electron chi connectivity index (χ2n) is 7.35. The normalized spacial score (nSPS) is 18.2. The van der Waals surface area contributed by atoms with Gasteiger partial charge in [-0.1, -0.05) is 68.4 Å². The molecule has 3 rings (SSSR count). The van der Waals surface area contributed by atoms with E-state index in [0.717, 1.165) is 12.0 Å². The van der Waals surface area contributed by atoms with Crippen molar-refractivity contribution in [3.63, 3.8) is 0 Å². The summed E-state index contributed by atoms with van der Waals surface area (Å²) >= 11 is 5.22. The highest BCUT2D eigenvalue weighted by atomic mass is 35.5. The highest BCUT2D eigenvalue weighted by Gasteiger charge is 2.19. The number of benzene rings is 1. The van der Waals surface area contributed by atoms with Crippen LogP contribution in [0, 0.1) is 18.8 Å². The van der Waals surface area contributed by atoms with E-state index in [0.29, 0.717) is 24.0 Å². The van der Waals surface area contributed by atoms with Crippen molar-refractivity contribution < 1.29 is 9.59 Å². The van der Waals surface area contributed by atoms with E-state index >= 15 is 0 Å². The molecular formula is C21H29ClO2. The summed E-state index contributed by atoms with van der Waals surface area (Å²) in [6.45, 7) is 2.05. The van der Waals surface area contributed by atoms with Crippen molar-refractivity contribution in [1.82, 2.24) is 0 Å². The molecule has 0 atom stereocenters. The molecule has 2 nitrogen and oxygen atoms in total. The van der Waals surface area contributed by atoms with Gasteiger partial charge in [-0.2, -0.15) is 0 Å². The largest absolute Gasteiger partial charge is 0.294 e. The fourth-order valence-corrected chi connectivity index (χ4v) is 3.99. The molecule has 132 valence electrons. The van der Waals surface area contributed by atoms with E-state index < -0.39 is 0 Å². The van der Waals surface area contributed by atoms with Crippen LogP contribution in [0.1, 0.15) is 80.1 Å². The van der Waals surface area contributed by atoms with Gasteiger partial charge in [0.05, 0.1) is 0 Å². The molecule has 24 heavy (non-hydrogen) atoms. The third-order valence-corrected chi connectivity index (χ3v) is 5.40. The SMILES string of the molecule is Cc1ccc(C(=O)CC2CCCC2)cc1.O=C(Cl)CC1CCCC1. The van der Waals surface area contributed by atoms with Crippen molar-refractivity contribution in [2.45, 2.75) is 71.1 Å². The molecule has 0 heterocycles. The van der Waals surface area contributed by atoms with Crippen LogP contribution in [0.3, 0.4) is 0 Å². The summed E-state index contributed by atoms with van der Waals surface area (Å²) in [4.78, 5) is 22.3. The van der Waals surface area contributed by atoms with Crippen LogP contribution in [-0.2, 0) is 4.79 Å². The van der Waals surface area contributed by atoms with Crippen LogP contribution in [0.2, 0.25) is 0 Å². The van der Waals surface area contributed by atoms with Gasteiger partial charge < -0.3 is 0 Å². The number of halogens is 1. The molecule has 0 spiro atoms. The van der Waals surface area contributed by atoms with Crippen LogP contribution in [0.4, 0.5) is 0 Å². The lowest BCUT2D eigenvalue weighted by Gasteiger charge is -2.07. The molecule has 2 saturated carbocycles. The Balaban J connectivity index is 0.000000198. The van der Waals surface area contributed by atoms with E-state index in [4.69, 9.17) is 11.6 Å². The van der Waals surface area contributed by atoms with E-state index in [-0.39, 0.29) is 5.24 Å². The minimum Gasteiger partial charge on any atom is -0.294 e. The lowest BCUT2D eigenvalue weighted by atomic mass is 9.97. The Morgan fingerprint density at radius 1 is 0.875 bits per heavy atom. The standard InChI is InChI=1S/C14H18O.C7H11ClO/c1-11-6-8-13(9-7-11)14(15)10-12-4-2-3-5-12;8-7(9)5-6-3-1-2-4-6/h6-9,12H,2-5,10H2,1H3;6H,1-5H2. The quantitative estimate of drug-likeness (QED) is 0.476. The molecular weight excluding hydrogens is 320 g/mol. The number of aryl methyl sites for hydroxylation is 1. The van der Waals surface area contributed by atoms with Gasteiger partial charge in [0.25, 0.3) is 0 Å². The van der Waals surface area contributed by atoms with E-state index in [9.17, 15) is 9.59 Å². The van der Waals surface area contributed by atoms with Gasteiger partial charge in [0, 0.05) is 18.4 Å². The van der Waals surface area contributed by atoms with Crippen molar-refractivity contribution in [1.29, 1.82) is 0 Å². The summed E-state index contributed by atoms with van der Waals surface area (Å²) in [7, 11) is 0. The molecule has 2 aliphatic rings. The Bertz CT molecular complexity index is 523. The van der Waals surface area contributed by atoms with Crippen LogP contribution in [0.15, 0.2) is 24.3 Å². The fourth-order valence-electron chi connectivity index (χ4n) is 3.78. The molecule has 3 heteroatoms. The number of hydrogen-bond donors (Lipinski definition) is 0. The first-order chi connectivity index (χ1) is 11.5. The number of rotatable bonds is 5. The molecule has 0 aromatic heterocycles. The van der Waals surface area contributed by atoms with Gasteiger partial charge in [0.15, 0.2) is 5.78 Å². The van der Waals surface area contributed by atoms with Gasteiger partial charge in [-0.25, -0.2) is 0 Å². The Kier molecular flexibility index (Phi) is 7.98. The Hall–Kier alpha value is -1.15. The van der Waals surface area contributed by atoms with Gasteiger partial charge in [-0.3, -0.25) is 9.59 Å². The predicted octanol–water partition coefficient (Wildman–Crippen LogP) is 6.09. The van der Waals surface area contributed by atoms with Crippen molar-refractivity contribution in [3.8, 4) is 0 Å². The van der Waals surface area contributed by atoms with E-state index in [2.05, 4.69) is 0 Å². The second kappa shape index (κ2) is 9.98. The predicted molar refractivity (Wildman–Crippen MR) is 99.5 cm³/mol. The summed E-state index contributed by atoms with van der Waals surface area (Å²) < 4.78 is 0. The lowest BCUT2D eigenvalue weighted by molar-refractivity contribution is -0.112. The minimum absolute atomic E-state index is 0.165. The Morgan fingerprint density at radius 2 is 1.33 bits per heavy atom. The molecule has 1 aromatic rings. The van der Waals surface area contributed by atoms with Crippen LogP contribution in [-0.4, -0.2) is 11.0 Å². The molecule has 0 aliphatic heterocycles. The zero-order valence-electron chi connectivity index (χ0n) is 14.7.